The third-order valence-electron chi connectivity index (χ3n) is 5.55. The van der Waals surface area contributed by atoms with Gasteiger partial charge in [0, 0.05) is 33.6 Å². The van der Waals surface area contributed by atoms with E-state index in [1.54, 1.807) is 21.6 Å². The lowest BCUT2D eigenvalue weighted by Gasteiger charge is -2.32. The molecule has 2 amide bonds. The molecule has 1 aliphatic rings. The first-order valence-electron chi connectivity index (χ1n) is 9.85. The van der Waals surface area contributed by atoms with Gasteiger partial charge in [0.05, 0.1) is 23.3 Å². The Bertz CT molecular complexity index is 1190. The number of hydrogen-bond donors (Lipinski definition) is 3. The van der Waals surface area contributed by atoms with Gasteiger partial charge in [-0.1, -0.05) is 12.1 Å². The summed E-state index contributed by atoms with van der Waals surface area (Å²) in [5.41, 5.74) is 8.32. The molecule has 10 heteroatoms. The molecule has 31 heavy (non-hydrogen) atoms. The average molecular weight is 551 g/mol. The van der Waals surface area contributed by atoms with Crippen LogP contribution in [-0.4, -0.2) is 45.9 Å². The number of H-pyrrole nitrogens is 1. The Hall–Kier alpha value is -2.59. The molecule has 8 nitrogen and oxygen atoms in total. The largest absolute Gasteiger partial charge is 0.397 e. The van der Waals surface area contributed by atoms with Gasteiger partial charge < -0.3 is 20.9 Å². The van der Waals surface area contributed by atoms with E-state index in [1.807, 2.05) is 24.3 Å². The number of rotatable bonds is 4. The molecular formula is C21H21Br2N5O3. The second kappa shape index (κ2) is 8.88. The zero-order valence-corrected chi connectivity index (χ0v) is 19.7. The third-order valence-corrected chi connectivity index (χ3v) is 6.86. The normalized spacial score (nSPS) is 14.7. The molecule has 4 rings (SSSR count). The van der Waals surface area contributed by atoms with Crippen LogP contribution in [0.3, 0.4) is 0 Å². The van der Waals surface area contributed by atoms with Crippen molar-refractivity contribution < 1.29 is 9.59 Å². The first-order chi connectivity index (χ1) is 14.8. The number of imidazole rings is 1. The predicted octanol–water partition coefficient (Wildman–Crippen LogP) is 3.03. The van der Waals surface area contributed by atoms with E-state index in [-0.39, 0.29) is 30.1 Å². The van der Waals surface area contributed by atoms with Gasteiger partial charge in [0.25, 0.3) is 5.91 Å². The van der Waals surface area contributed by atoms with E-state index < -0.39 is 0 Å². The van der Waals surface area contributed by atoms with Gasteiger partial charge in [0.1, 0.15) is 0 Å². The summed E-state index contributed by atoms with van der Waals surface area (Å²) in [5, 5.41) is 2.67. The zero-order chi connectivity index (χ0) is 22.1. The Kier molecular flexibility index (Phi) is 6.19. The molecule has 0 atom stereocenters. The fourth-order valence-electron chi connectivity index (χ4n) is 3.90. The van der Waals surface area contributed by atoms with Crippen LogP contribution in [0.25, 0.3) is 11.0 Å². The summed E-state index contributed by atoms with van der Waals surface area (Å²) in [6, 6.07) is 10.9. The SMILES string of the molecule is Nc1c(Br)cc(C(=O)NCC(=O)N2CCC(n3c(=O)[nH]c4ccccc43)CC2)cc1Br. The maximum Gasteiger partial charge on any atom is 0.326 e. The van der Waals surface area contributed by atoms with Crippen molar-refractivity contribution in [1.29, 1.82) is 0 Å². The number of nitrogens with two attached hydrogens (primary N) is 1. The number of nitrogens with zero attached hydrogens (tertiary/aromatic N) is 2. The number of fused-ring (bicyclic) bond motifs is 1. The minimum Gasteiger partial charge on any atom is -0.397 e. The first-order valence-corrected chi connectivity index (χ1v) is 11.4. The lowest BCUT2D eigenvalue weighted by atomic mass is 10.0. The summed E-state index contributed by atoms with van der Waals surface area (Å²) >= 11 is 6.63. The van der Waals surface area contributed by atoms with Crippen molar-refractivity contribution in [2.45, 2.75) is 18.9 Å². The Morgan fingerprint density at radius 3 is 2.45 bits per heavy atom. The van der Waals surface area contributed by atoms with E-state index in [9.17, 15) is 14.4 Å². The lowest BCUT2D eigenvalue weighted by Crippen LogP contribution is -2.45. The van der Waals surface area contributed by atoms with Gasteiger partial charge >= 0.3 is 5.69 Å². The fraction of sp³-hybridized carbons (Fsp3) is 0.286. The number of piperidine rings is 1. The van der Waals surface area contributed by atoms with E-state index in [0.29, 0.717) is 46.1 Å². The highest BCUT2D eigenvalue weighted by molar-refractivity contribution is 9.11. The van der Waals surface area contributed by atoms with Crippen LogP contribution >= 0.6 is 31.9 Å². The second-order valence-electron chi connectivity index (χ2n) is 7.47. The maximum absolute atomic E-state index is 12.6. The maximum atomic E-state index is 12.6. The van der Waals surface area contributed by atoms with E-state index in [1.165, 1.54) is 0 Å². The number of hydrogen-bond acceptors (Lipinski definition) is 4. The molecule has 4 N–H and O–H groups in total. The van der Waals surface area contributed by atoms with Crippen molar-refractivity contribution in [2.75, 3.05) is 25.4 Å². The van der Waals surface area contributed by atoms with Crippen LogP contribution in [0.1, 0.15) is 29.2 Å². The van der Waals surface area contributed by atoms with Gasteiger partial charge in [-0.2, -0.15) is 0 Å². The van der Waals surface area contributed by atoms with E-state index in [4.69, 9.17) is 5.73 Å². The second-order valence-corrected chi connectivity index (χ2v) is 9.17. The van der Waals surface area contributed by atoms with Gasteiger partial charge in [-0.15, -0.1) is 0 Å². The number of aromatic amines is 1. The molecule has 1 fully saturated rings. The number of carbonyl (C=O) groups is 2. The molecule has 0 bridgehead atoms. The molecule has 1 aromatic heterocycles. The molecular weight excluding hydrogens is 530 g/mol. The molecule has 0 saturated carbocycles. The number of anilines is 1. The minimum absolute atomic E-state index is 0.0340. The zero-order valence-electron chi connectivity index (χ0n) is 16.5. The van der Waals surface area contributed by atoms with Crippen LogP contribution < -0.4 is 16.7 Å². The summed E-state index contributed by atoms with van der Waals surface area (Å²) in [5.74, 6) is -0.498. The smallest absolute Gasteiger partial charge is 0.326 e. The number of nitrogen functional groups attached to an aromatic ring is 1. The van der Waals surface area contributed by atoms with Gasteiger partial charge in [-0.3, -0.25) is 14.2 Å². The monoisotopic (exact) mass is 549 g/mol. The van der Waals surface area contributed by atoms with Gasteiger partial charge in [-0.25, -0.2) is 4.79 Å². The number of para-hydroxylation sites is 2. The molecule has 0 spiro atoms. The molecule has 0 aliphatic carbocycles. The predicted molar refractivity (Wildman–Crippen MR) is 126 cm³/mol. The van der Waals surface area contributed by atoms with Crippen molar-refractivity contribution in [3.05, 3.63) is 61.4 Å². The summed E-state index contributed by atoms with van der Waals surface area (Å²) in [6.45, 7) is 0.977. The van der Waals surface area contributed by atoms with Crippen LogP contribution in [0.5, 0.6) is 0 Å². The minimum atomic E-state index is -0.352. The van der Waals surface area contributed by atoms with Gasteiger partial charge in [-0.05, 0) is 69.0 Å². The van der Waals surface area contributed by atoms with Gasteiger partial charge in [0.15, 0.2) is 0 Å². The molecule has 2 aromatic carbocycles. The molecule has 0 unspecified atom stereocenters. The molecule has 0 radical (unpaired) electrons. The summed E-state index contributed by atoms with van der Waals surface area (Å²) in [6.07, 6.45) is 1.36. The summed E-state index contributed by atoms with van der Waals surface area (Å²) in [4.78, 5) is 42.0. The number of amides is 2. The summed E-state index contributed by atoms with van der Waals surface area (Å²) in [7, 11) is 0. The average Bonchev–Trinajstić information content (AvgIpc) is 3.11. The standard InChI is InChI=1S/C21H21Br2N5O3/c22-14-9-12(10-15(23)19(14)24)20(30)25-11-18(29)27-7-5-13(6-8-27)28-17-4-2-1-3-16(17)26-21(28)31/h1-4,9-10,13H,5-8,11,24H2,(H,25,30)(H,26,31). The molecule has 1 saturated heterocycles. The molecule has 3 aromatic rings. The number of nitrogens with one attached hydrogen (secondary N) is 2. The highest BCUT2D eigenvalue weighted by Gasteiger charge is 2.26. The lowest BCUT2D eigenvalue weighted by molar-refractivity contribution is -0.131. The van der Waals surface area contributed by atoms with Crippen molar-refractivity contribution in [1.82, 2.24) is 19.8 Å². The number of halogens is 2. The molecule has 1 aliphatic heterocycles. The fourth-order valence-corrected chi connectivity index (χ4v) is 5.08. The van der Waals surface area contributed by atoms with Crippen molar-refractivity contribution in [3.63, 3.8) is 0 Å². The quantitative estimate of drug-likeness (QED) is 0.433. The van der Waals surface area contributed by atoms with Crippen molar-refractivity contribution in [3.8, 4) is 0 Å². The topological polar surface area (TPSA) is 113 Å². The number of carbonyl (C=O) groups excluding carboxylic acids is 2. The Labute approximate surface area is 195 Å². The number of likely N-dealkylation sites (tertiary alicyclic amines) is 1. The van der Waals surface area contributed by atoms with E-state index >= 15 is 0 Å². The molecule has 162 valence electrons. The highest BCUT2D eigenvalue weighted by atomic mass is 79.9. The van der Waals surface area contributed by atoms with Gasteiger partial charge in [0.2, 0.25) is 5.91 Å². The van der Waals surface area contributed by atoms with Crippen molar-refractivity contribution >= 4 is 60.4 Å². The van der Waals surface area contributed by atoms with Crippen LogP contribution in [0.15, 0.2) is 50.1 Å². The number of aromatic nitrogens is 2. The Morgan fingerprint density at radius 2 is 1.77 bits per heavy atom. The number of benzene rings is 2. The third kappa shape index (κ3) is 4.40. The van der Waals surface area contributed by atoms with E-state index in [0.717, 1.165) is 11.0 Å². The van der Waals surface area contributed by atoms with Crippen LogP contribution in [0.2, 0.25) is 0 Å². The Morgan fingerprint density at radius 1 is 1.13 bits per heavy atom. The van der Waals surface area contributed by atoms with E-state index in [2.05, 4.69) is 42.2 Å². The molecule has 2 heterocycles. The van der Waals surface area contributed by atoms with Crippen LogP contribution in [0, 0.1) is 0 Å². The van der Waals surface area contributed by atoms with Crippen LogP contribution in [0.4, 0.5) is 5.69 Å². The highest BCUT2D eigenvalue weighted by Crippen LogP contribution is 2.29. The summed E-state index contributed by atoms with van der Waals surface area (Å²) < 4.78 is 3.00. The van der Waals surface area contributed by atoms with Crippen molar-refractivity contribution in [2.24, 2.45) is 0 Å². The van der Waals surface area contributed by atoms with Crippen LogP contribution in [-0.2, 0) is 4.79 Å². The first kappa shape index (κ1) is 21.6. The Balaban J connectivity index is 1.35.